The lowest BCUT2D eigenvalue weighted by molar-refractivity contribution is -0.134. The highest BCUT2D eigenvalue weighted by atomic mass is 32.1. The van der Waals surface area contributed by atoms with Crippen LogP contribution in [0.15, 0.2) is 47.8 Å². The van der Waals surface area contributed by atoms with Crippen molar-refractivity contribution >= 4 is 44.1 Å². The lowest BCUT2D eigenvalue weighted by atomic mass is 9.95. The van der Waals surface area contributed by atoms with Crippen LogP contribution in [0.4, 0.5) is 10.2 Å². The number of amides is 1. The molecule has 0 unspecified atom stereocenters. The number of thiophene rings is 1. The van der Waals surface area contributed by atoms with Crippen LogP contribution in [-0.4, -0.2) is 83.3 Å². The largest absolute Gasteiger partial charge is 0.461 e. The van der Waals surface area contributed by atoms with Gasteiger partial charge in [0, 0.05) is 35.1 Å². The van der Waals surface area contributed by atoms with Gasteiger partial charge in [-0.25, -0.2) is 4.39 Å². The summed E-state index contributed by atoms with van der Waals surface area (Å²) < 4.78 is 21.0. The summed E-state index contributed by atoms with van der Waals surface area (Å²) in [5.74, 6) is 0.147. The van der Waals surface area contributed by atoms with E-state index < -0.39 is 18.6 Å². The first kappa shape index (κ1) is 27.0. The van der Waals surface area contributed by atoms with Gasteiger partial charge in [0.25, 0.3) is 5.91 Å². The minimum absolute atomic E-state index is 0.0607. The van der Waals surface area contributed by atoms with Crippen LogP contribution in [0.2, 0.25) is 0 Å². The molecule has 0 bridgehead atoms. The minimum atomic E-state index is -1.06. The van der Waals surface area contributed by atoms with E-state index in [2.05, 4.69) is 63.7 Å². The number of nitrogens with zero attached hydrogens (tertiary/aromatic N) is 6. The highest BCUT2D eigenvalue weighted by Gasteiger charge is 2.45. The molecule has 0 radical (unpaired) electrons. The van der Waals surface area contributed by atoms with Crippen molar-refractivity contribution in [3.8, 4) is 23.2 Å². The average molecular weight is 585 g/mol. The second-order valence-electron chi connectivity index (χ2n) is 11.6. The molecule has 2 aromatic carbocycles. The van der Waals surface area contributed by atoms with Gasteiger partial charge >= 0.3 is 6.01 Å². The first-order valence-corrected chi connectivity index (χ1v) is 15.6. The molecule has 3 aliphatic rings. The fourth-order valence-corrected chi connectivity index (χ4v) is 8.02. The average Bonchev–Trinajstić information content (AvgIpc) is 3.75. The molecule has 3 fully saturated rings. The van der Waals surface area contributed by atoms with Crippen molar-refractivity contribution < 1.29 is 13.9 Å². The number of carbonyl (C=O) groups is 1. The van der Waals surface area contributed by atoms with E-state index in [1.807, 2.05) is 0 Å². The van der Waals surface area contributed by atoms with Crippen LogP contribution in [0.3, 0.4) is 0 Å². The van der Waals surface area contributed by atoms with E-state index in [1.165, 1.54) is 27.8 Å². The van der Waals surface area contributed by atoms with Gasteiger partial charge in [-0.05, 0) is 79.5 Å². The molecule has 10 heteroatoms. The standard InChI is InChI=1S/C32H33FN6O2S/c33-19-29(40)39-16-15-37(20-23(39)8-12-34)30-26-7-6-22(24-4-1-5-28-25(24)9-17-42-28)18-27(26)35-31(36-30)41-21-32-10-2-13-38(32)14-3-11-32/h1,4-7,9,17-18,23H,2-3,8,10-11,13-16,19-21H2/t23-/m0/s1. The lowest BCUT2D eigenvalue weighted by Crippen LogP contribution is -2.55. The van der Waals surface area contributed by atoms with Crippen molar-refractivity contribution in [3.63, 3.8) is 0 Å². The molecule has 0 N–H and O–H groups in total. The van der Waals surface area contributed by atoms with Gasteiger partial charge in [-0.2, -0.15) is 15.2 Å². The number of piperazine rings is 1. The number of ether oxygens (including phenoxy) is 1. The van der Waals surface area contributed by atoms with Crippen LogP contribution in [0, 0.1) is 11.3 Å². The third-order valence-electron chi connectivity index (χ3n) is 9.29. The Labute approximate surface area is 248 Å². The number of aromatic nitrogens is 2. The first-order valence-electron chi connectivity index (χ1n) is 14.7. The summed E-state index contributed by atoms with van der Waals surface area (Å²) in [5, 5.41) is 13.7. The number of carbonyl (C=O) groups excluding carboxylic acids is 1. The SMILES string of the molecule is N#CC[C@H]1CN(c2nc(OCC34CCCN3CCC4)nc3cc(-c4cccc5sccc45)ccc23)CCN1C(=O)CF. The molecule has 3 saturated heterocycles. The summed E-state index contributed by atoms with van der Waals surface area (Å²) in [6.45, 7) is 2.93. The predicted molar refractivity (Wildman–Crippen MR) is 163 cm³/mol. The molecule has 0 saturated carbocycles. The van der Waals surface area contributed by atoms with E-state index in [1.54, 1.807) is 11.3 Å². The Balaban J connectivity index is 1.28. The van der Waals surface area contributed by atoms with Gasteiger partial charge < -0.3 is 14.5 Å². The summed E-state index contributed by atoms with van der Waals surface area (Å²) in [7, 11) is 0. The number of hydrogen-bond donors (Lipinski definition) is 0. The molecule has 2 aromatic heterocycles. The van der Waals surface area contributed by atoms with Crippen LogP contribution in [0.5, 0.6) is 6.01 Å². The Morgan fingerprint density at radius 2 is 1.95 bits per heavy atom. The molecule has 42 heavy (non-hydrogen) atoms. The van der Waals surface area contributed by atoms with Gasteiger partial charge in [0.05, 0.1) is 29.6 Å². The predicted octanol–water partition coefficient (Wildman–Crippen LogP) is 5.42. The highest BCUT2D eigenvalue weighted by Crippen LogP contribution is 2.40. The Morgan fingerprint density at radius 1 is 1.10 bits per heavy atom. The highest BCUT2D eigenvalue weighted by molar-refractivity contribution is 7.17. The minimum Gasteiger partial charge on any atom is -0.461 e. The van der Waals surface area contributed by atoms with Crippen LogP contribution in [0.1, 0.15) is 32.1 Å². The molecule has 7 rings (SSSR count). The van der Waals surface area contributed by atoms with Crippen molar-refractivity contribution in [1.29, 1.82) is 5.26 Å². The van der Waals surface area contributed by atoms with Gasteiger partial charge in [-0.3, -0.25) is 9.69 Å². The number of nitriles is 1. The molecule has 3 aliphatic heterocycles. The number of rotatable bonds is 7. The van der Waals surface area contributed by atoms with E-state index in [9.17, 15) is 14.4 Å². The fourth-order valence-electron chi connectivity index (χ4n) is 7.20. The Hall–Kier alpha value is -3.81. The van der Waals surface area contributed by atoms with Crippen LogP contribution in [0.25, 0.3) is 32.1 Å². The van der Waals surface area contributed by atoms with Crippen LogP contribution < -0.4 is 9.64 Å². The Morgan fingerprint density at radius 3 is 2.76 bits per heavy atom. The van der Waals surface area contributed by atoms with Crippen LogP contribution >= 0.6 is 11.3 Å². The number of benzene rings is 2. The van der Waals surface area contributed by atoms with Crippen LogP contribution in [-0.2, 0) is 4.79 Å². The third-order valence-corrected chi connectivity index (χ3v) is 10.2. The van der Waals surface area contributed by atoms with Gasteiger partial charge in [0.1, 0.15) is 12.4 Å². The van der Waals surface area contributed by atoms with Crippen molar-refractivity contribution in [2.45, 2.75) is 43.7 Å². The molecule has 216 valence electrons. The second kappa shape index (κ2) is 11.1. The molecule has 0 spiro atoms. The Bertz CT molecular complexity index is 1670. The summed E-state index contributed by atoms with van der Waals surface area (Å²) in [6.07, 6.45) is 4.76. The van der Waals surface area contributed by atoms with E-state index >= 15 is 0 Å². The monoisotopic (exact) mass is 584 g/mol. The van der Waals surface area contributed by atoms with E-state index in [0.717, 1.165) is 53.8 Å². The maximum Gasteiger partial charge on any atom is 0.319 e. The van der Waals surface area contributed by atoms with Crippen molar-refractivity contribution in [3.05, 3.63) is 47.8 Å². The normalized spacial score (nSPS) is 20.2. The summed E-state index contributed by atoms with van der Waals surface area (Å²) >= 11 is 1.73. The zero-order chi connectivity index (χ0) is 28.7. The summed E-state index contributed by atoms with van der Waals surface area (Å²) in [5.41, 5.74) is 3.06. The third kappa shape index (κ3) is 4.74. The quantitative estimate of drug-likeness (QED) is 0.287. The number of halogens is 1. The molecule has 0 aliphatic carbocycles. The van der Waals surface area contributed by atoms with E-state index in [0.29, 0.717) is 32.3 Å². The Kier molecular flexibility index (Phi) is 7.16. The number of fused-ring (bicyclic) bond motifs is 3. The first-order chi connectivity index (χ1) is 20.6. The molecular weight excluding hydrogens is 551 g/mol. The summed E-state index contributed by atoms with van der Waals surface area (Å²) in [4.78, 5) is 28.3. The number of alkyl halides is 1. The molecule has 8 nitrogen and oxygen atoms in total. The summed E-state index contributed by atoms with van der Waals surface area (Å²) in [6, 6.07) is 16.9. The van der Waals surface area contributed by atoms with Crippen molar-refractivity contribution in [2.24, 2.45) is 0 Å². The van der Waals surface area contributed by atoms with Crippen molar-refractivity contribution in [2.75, 3.05) is 50.9 Å². The van der Waals surface area contributed by atoms with Gasteiger partial charge in [-0.15, -0.1) is 11.3 Å². The van der Waals surface area contributed by atoms with Gasteiger partial charge in [0.2, 0.25) is 0 Å². The van der Waals surface area contributed by atoms with Gasteiger partial charge in [0.15, 0.2) is 6.67 Å². The van der Waals surface area contributed by atoms with Crippen molar-refractivity contribution in [1.82, 2.24) is 19.8 Å². The smallest absolute Gasteiger partial charge is 0.319 e. The van der Waals surface area contributed by atoms with E-state index in [-0.39, 0.29) is 12.0 Å². The number of hydrogen-bond acceptors (Lipinski definition) is 8. The maximum atomic E-state index is 13.3. The van der Waals surface area contributed by atoms with Gasteiger partial charge in [-0.1, -0.05) is 18.2 Å². The fraction of sp³-hybridized carbons (Fsp3) is 0.438. The van der Waals surface area contributed by atoms with E-state index in [4.69, 9.17) is 14.7 Å². The zero-order valence-electron chi connectivity index (χ0n) is 23.5. The lowest BCUT2D eigenvalue weighted by Gasteiger charge is -2.41. The molecule has 1 amide bonds. The number of anilines is 1. The molecule has 4 aromatic rings. The molecular formula is C32H33FN6O2S. The molecule has 1 atom stereocenters. The molecule has 5 heterocycles. The topological polar surface area (TPSA) is 85.6 Å². The maximum absolute atomic E-state index is 13.3. The zero-order valence-corrected chi connectivity index (χ0v) is 24.3. The second-order valence-corrected chi connectivity index (χ2v) is 12.5.